The molecule has 0 aliphatic heterocycles. The number of hydrazine groups is 1. The molecular formula is C17H17ClN2O3. The highest BCUT2D eigenvalue weighted by atomic mass is 35.5. The van der Waals surface area contributed by atoms with Crippen molar-refractivity contribution in [1.29, 1.82) is 0 Å². The molecule has 0 spiro atoms. The number of hydrogen-bond donors (Lipinski definition) is 2. The molecule has 0 saturated heterocycles. The molecule has 0 heterocycles. The number of amides is 2. The number of hydrogen-bond acceptors (Lipinski definition) is 3. The summed E-state index contributed by atoms with van der Waals surface area (Å²) in [5, 5.41) is 0.533. The first-order chi connectivity index (χ1) is 11.0. The Hall–Kier alpha value is -2.53. The maximum absolute atomic E-state index is 12.2. The highest BCUT2D eigenvalue weighted by molar-refractivity contribution is 6.30. The number of nitrogens with one attached hydrogen (secondary N) is 2. The Kier molecular flexibility index (Phi) is 5.60. The lowest BCUT2D eigenvalue weighted by atomic mass is 10.2. The molecule has 0 aromatic heterocycles. The maximum Gasteiger partial charge on any atom is 0.273 e. The number of ether oxygens (including phenoxy) is 1. The smallest absolute Gasteiger partial charge is 0.273 e. The van der Waals surface area contributed by atoms with E-state index in [2.05, 4.69) is 10.9 Å². The van der Waals surface area contributed by atoms with Crippen LogP contribution in [-0.4, -0.2) is 17.9 Å². The van der Waals surface area contributed by atoms with Gasteiger partial charge < -0.3 is 4.74 Å². The quantitative estimate of drug-likeness (QED) is 0.845. The fraction of sp³-hybridized carbons (Fsp3) is 0.176. The Morgan fingerprint density at radius 2 is 1.57 bits per heavy atom. The largest absolute Gasteiger partial charge is 0.490 e. The van der Waals surface area contributed by atoms with Crippen molar-refractivity contribution in [3.05, 3.63) is 64.7 Å². The number of rotatable bonds is 4. The molecule has 6 heteroatoms. The topological polar surface area (TPSA) is 67.4 Å². The van der Waals surface area contributed by atoms with Gasteiger partial charge in [0.2, 0.25) is 0 Å². The minimum atomic E-state index is -0.455. The van der Waals surface area contributed by atoms with Gasteiger partial charge in [-0.1, -0.05) is 23.7 Å². The minimum Gasteiger partial charge on any atom is -0.490 e. The third kappa shape index (κ3) is 4.72. The molecule has 0 atom stereocenters. The summed E-state index contributed by atoms with van der Waals surface area (Å²) in [5.74, 6) is -0.429. The van der Waals surface area contributed by atoms with Gasteiger partial charge in [-0.05, 0) is 50.2 Å². The van der Waals surface area contributed by atoms with Crippen molar-refractivity contribution in [2.45, 2.75) is 20.0 Å². The summed E-state index contributed by atoms with van der Waals surface area (Å²) < 4.78 is 5.58. The van der Waals surface area contributed by atoms with Crippen molar-refractivity contribution >= 4 is 23.4 Å². The van der Waals surface area contributed by atoms with Crippen LogP contribution in [-0.2, 0) is 0 Å². The molecule has 0 radical (unpaired) electrons. The van der Waals surface area contributed by atoms with Gasteiger partial charge in [0.25, 0.3) is 11.8 Å². The van der Waals surface area contributed by atoms with E-state index in [4.69, 9.17) is 16.3 Å². The van der Waals surface area contributed by atoms with Gasteiger partial charge in [-0.3, -0.25) is 20.4 Å². The molecule has 0 aliphatic carbocycles. The highest BCUT2D eigenvalue weighted by Gasteiger charge is 2.14. The Morgan fingerprint density at radius 1 is 0.957 bits per heavy atom. The van der Waals surface area contributed by atoms with Crippen LogP contribution in [0.2, 0.25) is 5.02 Å². The number of carbonyl (C=O) groups excluding carboxylic acids is 2. The van der Waals surface area contributed by atoms with Crippen LogP contribution in [0, 0.1) is 0 Å². The van der Waals surface area contributed by atoms with E-state index in [1.54, 1.807) is 48.5 Å². The third-order valence-electron chi connectivity index (χ3n) is 2.89. The average molecular weight is 333 g/mol. The zero-order valence-electron chi connectivity index (χ0n) is 12.8. The molecule has 0 unspecified atom stereocenters. The zero-order chi connectivity index (χ0) is 16.8. The van der Waals surface area contributed by atoms with E-state index in [0.717, 1.165) is 0 Å². The van der Waals surface area contributed by atoms with Crippen molar-refractivity contribution in [1.82, 2.24) is 10.9 Å². The van der Waals surface area contributed by atoms with Crippen LogP contribution in [0.3, 0.4) is 0 Å². The number of benzene rings is 2. The lowest BCUT2D eigenvalue weighted by Crippen LogP contribution is -2.41. The molecule has 0 fully saturated rings. The van der Waals surface area contributed by atoms with Gasteiger partial charge in [0, 0.05) is 10.6 Å². The van der Waals surface area contributed by atoms with Gasteiger partial charge in [0.05, 0.1) is 11.7 Å². The van der Waals surface area contributed by atoms with Crippen LogP contribution in [0.25, 0.3) is 0 Å². The summed E-state index contributed by atoms with van der Waals surface area (Å²) in [4.78, 5) is 24.2. The Balaban J connectivity index is 2.02. The van der Waals surface area contributed by atoms with Gasteiger partial charge in [0.15, 0.2) is 0 Å². The minimum absolute atomic E-state index is 0.0624. The van der Waals surface area contributed by atoms with Crippen LogP contribution >= 0.6 is 11.6 Å². The normalized spacial score (nSPS) is 10.3. The van der Waals surface area contributed by atoms with Gasteiger partial charge in [-0.15, -0.1) is 0 Å². The van der Waals surface area contributed by atoms with E-state index < -0.39 is 11.8 Å². The molecule has 23 heavy (non-hydrogen) atoms. The lowest BCUT2D eigenvalue weighted by Gasteiger charge is -2.14. The molecule has 2 N–H and O–H groups in total. The first-order valence-electron chi connectivity index (χ1n) is 7.09. The van der Waals surface area contributed by atoms with Gasteiger partial charge >= 0.3 is 0 Å². The van der Waals surface area contributed by atoms with Crippen molar-refractivity contribution in [3.8, 4) is 5.75 Å². The van der Waals surface area contributed by atoms with Gasteiger partial charge in [-0.25, -0.2) is 0 Å². The van der Waals surface area contributed by atoms with E-state index >= 15 is 0 Å². The Labute approximate surface area is 139 Å². The summed E-state index contributed by atoms with van der Waals surface area (Å²) in [6.07, 6.45) is -0.0624. The summed E-state index contributed by atoms with van der Waals surface area (Å²) in [5.41, 5.74) is 5.47. The first-order valence-corrected chi connectivity index (χ1v) is 7.47. The molecule has 0 bridgehead atoms. The third-order valence-corrected chi connectivity index (χ3v) is 3.14. The average Bonchev–Trinajstić information content (AvgIpc) is 2.53. The molecule has 2 amide bonds. The summed E-state index contributed by atoms with van der Waals surface area (Å²) in [6.45, 7) is 3.74. The second kappa shape index (κ2) is 7.65. The fourth-order valence-corrected chi connectivity index (χ4v) is 1.99. The van der Waals surface area contributed by atoms with Crippen LogP contribution in [0.5, 0.6) is 5.75 Å². The fourth-order valence-electron chi connectivity index (χ4n) is 1.87. The van der Waals surface area contributed by atoms with E-state index in [1.807, 2.05) is 13.8 Å². The van der Waals surface area contributed by atoms with E-state index in [0.29, 0.717) is 21.9 Å². The Morgan fingerprint density at radius 3 is 2.22 bits per heavy atom. The van der Waals surface area contributed by atoms with Gasteiger partial charge in [0.1, 0.15) is 5.75 Å². The predicted octanol–water partition coefficient (Wildman–Crippen LogP) is 3.20. The predicted molar refractivity (Wildman–Crippen MR) is 88.6 cm³/mol. The molecular weight excluding hydrogens is 316 g/mol. The van der Waals surface area contributed by atoms with Crippen LogP contribution in [0.15, 0.2) is 48.5 Å². The Bertz CT molecular complexity index is 699. The van der Waals surface area contributed by atoms with Crippen molar-refractivity contribution in [3.63, 3.8) is 0 Å². The van der Waals surface area contributed by atoms with Crippen LogP contribution in [0.4, 0.5) is 0 Å². The lowest BCUT2D eigenvalue weighted by molar-refractivity contribution is 0.0843. The van der Waals surface area contributed by atoms with Crippen LogP contribution < -0.4 is 15.6 Å². The monoisotopic (exact) mass is 332 g/mol. The highest BCUT2D eigenvalue weighted by Crippen LogP contribution is 2.19. The van der Waals surface area contributed by atoms with Crippen molar-refractivity contribution < 1.29 is 14.3 Å². The van der Waals surface area contributed by atoms with E-state index in [1.165, 1.54) is 0 Å². The number of carbonyl (C=O) groups is 2. The van der Waals surface area contributed by atoms with E-state index in [9.17, 15) is 9.59 Å². The molecule has 120 valence electrons. The van der Waals surface area contributed by atoms with Crippen LogP contribution in [0.1, 0.15) is 34.6 Å². The zero-order valence-corrected chi connectivity index (χ0v) is 13.6. The molecule has 0 aliphatic rings. The second-order valence-electron chi connectivity index (χ2n) is 5.08. The van der Waals surface area contributed by atoms with Crippen molar-refractivity contribution in [2.24, 2.45) is 0 Å². The standard InChI is InChI=1S/C17H17ClN2O3/c1-11(2)23-15-6-4-3-5-14(15)17(22)20-19-16(21)12-7-9-13(18)10-8-12/h3-11H,1-2H3,(H,19,21)(H,20,22). The van der Waals surface area contributed by atoms with Gasteiger partial charge in [-0.2, -0.15) is 0 Å². The first kappa shape index (κ1) is 16.8. The molecule has 2 rings (SSSR count). The summed E-state index contributed by atoms with van der Waals surface area (Å²) in [7, 11) is 0. The summed E-state index contributed by atoms with van der Waals surface area (Å²) >= 11 is 5.77. The van der Waals surface area contributed by atoms with Crippen molar-refractivity contribution in [2.75, 3.05) is 0 Å². The second-order valence-corrected chi connectivity index (χ2v) is 5.51. The maximum atomic E-state index is 12.2. The SMILES string of the molecule is CC(C)Oc1ccccc1C(=O)NNC(=O)c1ccc(Cl)cc1. The summed E-state index contributed by atoms with van der Waals surface area (Å²) in [6, 6.07) is 13.2. The molecule has 2 aromatic rings. The molecule has 5 nitrogen and oxygen atoms in total. The molecule has 2 aromatic carbocycles. The number of para-hydroxylation sites is 1. The number of halogens is 1. The van der Waals surface area contributed by atoms with E-state index in [-0.39, 0.29) is 6.10 Å². The molecule has 0 saturated carbocycles.